The lowest BCUT2D eigenvalue weighted by Gasteiger charge is -2.23. The molecule has 0 aliphatic heterocycles. The zero-order valence-electron chi connectivity index (χ0n) is 28.1. The van der Waals surface area contributed by atoms with Crippen LogP contribution in [0.25, 0.3) is 88.4 Å². The molecule has 10 aromatic rings. The Morgan fingerprint density at radius 3 is 1.60 bits per heavy atom. The second-order valence-corrected chi connectivity index (χ2v) is 13.6. The van der Waals surface area contributed by atoms with E-state index in [1.165, 1.54) is 65.9 Å². The summed E-state index contributed by atoms with van der Waals surface area (Å²) in [5.74, 6) is 0. The minimum absolute atomic E-state index is 0.956. The third-order valence-corrected chi connectivity index (χ3v) is 10.8. The maximum Gasteiger partial charge on any atom is 0.115 e. The van der Waals surface area contributed by atoms with Crippen molar-refractivity contribution in [3.05, 3.63) is 170 Å². The molecule has 4 heterocycles. The highest BCUT2D eigenvalue weighted by Crippen LogP contribution is 2.45. The predicted octanol–water partition coefficient (Wildman–Crippen LogP) is 10.6. The van der Waals surface area contributed by atoms with Crippen molar-refractivity contribution < 1.29 is 0 Å². The summed E-state index contributed by atoms with van der Waals surface area (Å²) < 4.78 is 4.88. The number of nitrogens with zero attached hydrogens (tertiary/aromatic N) is 6. The summed E-state index contributed by atoms with van der Waals surface area (Å²) in [6, 6.07) is 44.5. The summed E-state index contributed by atoms with van der Waals surface area (Å²) in [4.78, 5) is 17.2. The molecule has 0 saturated heterocycles. The topological polar surface area (TPSA) is 61.4 Å². The molecule has 0 spiro atoms. The molecule has 0 radical (unpaired) electrons. The Kier molecular flexibility index (Phi) is 6.28. The lowest BCUT2D eigenvalue weighted by molar-refractivity contribution is 0.944. The number of fused-ring (bicyclic) bond motifs is 10. The average Bonchev–Trinajstić information content (AvgIpc) is 3.73. The van der Waals surface area contributed by atoms with Gasteiger partial charge in [-0.1, -0.05) is 60.7 Å². The van der Waals surface area contributed by atoms with E-state index in [2.05, 4.69) is 150 Å². The minimum atomic E-state index is 0.956. The van der Waals surface area contributed by atoms with Crippen LogP contribution >= 0.6 is 0 Å². The van der Waals surface area contributed by atoms with Crippen molar-refractivity contribution in [1.82, 2.24) is 29.1 Å². The van der Waals surface area contributed by atoms with Gasteiger partial charge >= 0.3 is 0 Å². The van der Waals surface area contributed by atoms with Crippen LogP contribution in [-0.4, -0.2) is 29.1 Å². The molecular formula is C46H30N6. The van der Waals surface area contributed by atoms with Gasteiger partial charge < -0.3 is 9.13 Å². The normalized spacial score (nSPS) is 12.5. The highest BCUT2D eigenvalue weighted by Gasteiger charge is 2.25. The fourth-order valence-electron chi connectivity index (χ4n) is 8.47. The molecule has 0 N–H and O–H groups in total. The van der Waals surface area contributed by atoms with Crippen molar-refractivity contribution in [3.63, 3.8) is 0 Å². The smallest absolute Gasteiger partial charge is 0.115 e. The molecule has 6 aromatic carbocycles. The SMILES string of the molecule is c1ccc(-n2c3ccc(-c4cncnc4)cc3c3cc4c(cc32)-c2ccc3c5cc(-c6cncnc6)ccc5n(-c5ccccc5)c3c2CC4)cc1. The van der Waals surface area contributed by atoms with E-state index in [-0.39, 0.29) is 0 Å². The third-order valence-electron chi connectivity index (χ3n) is 10.8. The largest absolute Gasteiger partial charge is 0.309 e. The van der Waals surface area contributed by atoms with E-state index in [1.807, 2.05) is 24.8 Å². The molecule has 6 heteroatoms. The van der Waals surface area contributed by atoms with Gasteiger partial charge in [-0.15, -0.1) is 0 Å². The Morgan fingerprint density at radius 1 is 0.404 bits per heavy atom. The number of para-hydroxylation sites is 2. The maximum absolute atomic E-state index is 4.29. The van der Waals surface area contributed by atoms with Crippen molar-refractivity contribution in [2.24, 2.45) is 0 Å². The van der Waals surface area contributed by atoms with Crippen molar-refractivity contribution in [2.45, 2.75) is 12.8 Å². The second kappa shape index (κ2) is 11.3. The molecule has 6 nitrogen and oxygen atoms in total. The van der Waals surface area contributed by atoms with E-state index in [1.54, 1.807) is 12.7 Å². The van der Waals surface area contributed by atoms with Crippen molar-refractivity contribution in [3.8, 4) is 44.8 Å². The van der Waals surface area contributed by atoms with E-state index in [0.717, 1.165) is 46.5 Å². The van der Waals surface area contributed by atoms with Crippen LogP contribution in [0.15, 0.2) is 159 Å². The lowest BCUT2D eigenvalue weighted by Crippen LogP contribution is -2.07. The minimum Gasteiger partial charge on any atom is -0.309 e. The first kappa shape index (κ1) is 28.9. The van der Waals surface area contributed by atoms with Crippen LogP contribution in [0, 0.1) is 0 Å². The molecular weight excluding hydrogens is 637 g/mol. The predicted molar refractivity (Wildman–Crippen MR) is 210 cm³/mol. The molecule has 1 aliphatic carbocycles. The highest BCUT2D eigenvalue weighted by atomic mass is 15.0. The van der Waals surface area contributed by atoms with E-state index in [4.69, 9.17) is 0 Å². The standard InChI is InChI=1S/C46H30N6/c1-3-7-34(8-4-1)51-43-17-12-30(33-25-49-28-50-26-33)20-41(43)42-21-31-11-14-37-36(39(31)22-45(42)51)15-16-38-40-19-29(32-23-47-27-48-24-32)13-18-44(40)52(46(37)38)35-9-5-2-6-10-35/h1-10,12-13,15-28H,11,14H2. The molecule has 1 aliphatic rings. The summed E-state index contributed by atoms with van der Waals surface area (Å²) in [5, 5.41) is 4.98. The maximum atomic E-state index is 4.29. The van der Waals surface area contributed by atoms with Crippen molar-refractivity contribution in [2.75, 3.05) is 0 Å². The molecule has 52 heavy (non-hydrogen) atoms. The Morgan fingerprint density at radius 2 is 0.962 bits per heavy atom. The van der Waals surface area contributed by atoms with Gasteiger partial charge in [0.2, 0.25) is 0 Å². The van der Waals surface area contributed by atoms with Crippen molar-refractivity contribution in [1.29, 1.82) is 0 Å². The third kappa shape index (κ3) is 4.31. The first-order valence-electron chi connectivity index (χ1n) is 17.6. The number of aryl methyl sites for hydroxylation is 2. The fraction of sp³-hybridized carbons (Fsp3) is 0.0435. The van der Waals surface area contributed by atoms with Gasteiger partial charge in [0.05, 0.1) is 22.1 Å². The van der Waals surface area contributed by atoms with Gasteiger partial charge in [-0.3, -0.25) is 0 Å². The van der Waals surface area contributed by atoms with E-state index in [0.29, 0.717) is 0 Å². The Balaban J connectivity index is 1.18. The van der Waals surface area contributed by atoms with E-state index >= 15 is 0 Å². The number of hydrogen-bond donors (Lipinski definition) is 0. The van der Waals surface area contributed by atoms with Crippen LogP contribution < -0.4 is 0 Å². The van der Waals surface area contributed by atoms with Gasteiger partial charge in [0.25, 0.3) is 0 Å². The van der Waals surface area contributed by atoms with Crippen LogP contribution in [0.5, 0.6) is 0 Å². The van der Waals surface area contributed by atoms with E-state index < -0.39 is 0 Å². The number of benzene rings is 6. The summed E-state index contributed by atoms with van der Waals surface area (Å²) >= 11 is 0. The first-order chi connectivity index (χ1) is 25.8. The van der Waals surface area contributed by atoms with Gasteiger partial charge in [0.1, 0.15) is 12.7 Å². The molecule has 0 bridgehead atoms. The first-order valence-corrected chi connectivity index (χ1v) is 17.6. The molecule has 0 saturated carbocycles. The van der Waals surface area contributed by atoms with Crippen LogP contribution in [0.2, 0.25) is 0 Å². The average molecular weight is 667 g/mol. The number of hydrogen-bond acceptors (Lipinski definition) is 4. The fourth-order valence-corrected chi connectivity index (χ4v) is 8.47. The zero-order valence-corrected chi connectivity index (χ0v) is 28.1. The number of aromatic nitrogens is 6. The summed E-state index contributed by atoms with van der Waals surface area (Å²) in [6.07, 6.45) is 12.6. The Bertz CT molecular complexity index is 2930. The van der Waals surface area contributed by atoms with Crippen LogP contribution in [0.1, 0.15) is 11.1 Å². The van der Waals surface area contributed by atoms with Gasteiger partial charge in [0, 0.05) is 68.8 Å². The molecule has 0 fully saturated rings. The molecule has 4 aromatic heterocycles. The van der Waals surface area contributed by atoms with Crippen LogP contribution in [0.4, 0.5) is 0 Å². The van der Waals surface area contributed by atoms with Gasteiger partial charge in [0.15, 0.2) is 0 Å². The summed E-state index contributed by atoms with van der Waals surface area (Å²) in [6.45, 7) is 0. The molecule has 0 atom stereocenters. The monoisotopic (exact) mass is 666 g/mol. The Hall–Kier alpha value is -6.92. The molecule has 0 unspecified atom stereocenters. The molecule has 0 amide bonds. The van der Waals surface area contributed by atoms with Crippen molar-refractivity contribution >= 4 is 43.6 Å². The highest BCUT2D eigenvalue weighted by molar-refractivity contribution is 6.15. The summed E-state index contributed by atoms with van der Waals surface area (Å²) in [5.41, 5.74) is 16.8. The van der Waals surface area contributed by atoms with E-state index in [9.17, 15) is 0 Å². The van der Waals surface area contributed by atoms with Crippen LogP contribution in [0.3, 0.4) is 0 Å². The van der Waals surface area contributed by atoms with Gasteiger partial charge in [-0.05, 0) is 107 Å². The molecule has 11 rings (SSSR count). The zero-order chi connectivity index (χ0) is 34.2. The number of rotatable bonds is 4. The Labute approximate surface area is 299 Å². The van der Waals surface area contributed by atoms with Gasteiger partial charge in [-0.25, -0.2) is 19.9 Å². The van der Waals surface area contributed by atoms with Crippen LogP contribution in [-0.2, 0) is 12.8 Å². The quantitative estimate of drug-likeness (QED) is 0.188. The lowest BCUT2D eigenvalue weighted by atomic mass is 9.83. The molecule has 244 valence electrons. The second-order valence-electron chi connectivity index (χ2n) is 13.6. The van der Waals surface area contributed by atoms with Gasteiger partial charge in [-0.2, -0.15) is 0 Å². The summed E-state index contributed by atoms with van der Waals surface area (Å²) in [7, 11) is 0.